The highest BCUT2D eigenvalue weighted by molar-refractivity contribution is 6.00. The van der Waals surface area contributed by atoms with Gasteiger partial charge in [0.15, 0.2) is 11.4 Å². The number of pyridine rings is 1. The SMILES string of the molecule is COC1CC2CN(CC3CC3)C(=O)c3c(O)c(=O)c(C(=O)NCc4ccc(F)cc4F)c1n32. The molecular weight excluding hydrogens is 436 g/mol. The standard InChI is InChI=1S/C23H23F2N3O5/c1-33-16-7-14-10-27(9-11-2-3-11)23(32)19-21(30)20(29)17(18(16)28(14)19)22(31)26-8-12-4-5-13(24)6-15(12)25/h4-6,11,14,16,30H,2-3,7-10H2,1H3,(H,26,31). The predicted octanol–water partition coefficient (Wildman–Crippen LogP) is 2.26. The summed E-state index contributed by atoms with van der Waals surface area (Å²) in [6.45, 7) is 0.683. The van der Waals surface area contributed by atoms with Crippen LogP contribution in [0.25, 0.3) is 0 Å². The highest BCUT2D eigenvalue weighted by atomic mass is 19.1. The van der Waals surface area contributed by atoms with Crippen molar-refractivity contribution in [1.82, 2.24) is 14.8 Å². The van der Waals surface area contributed by atoms with Crippen LogP contribution in [-0.2, 0) is 11.3 Å². The van der Waals surface area contributed by atoms with Gasteiger partial charge in [0.1, 0.15) is 23.3 Å². The Kier molecular flexibility index (Phi) is 5.19. The molecule has 174 valence electrons. The Bertz CT molecular complexity index is 1220. The van der Waals surface area contributed by atoms with Gasteiger partial charge in [0.25, 0.3) is 11.8 Å². The Balaban J connectivity index is 1.53. The second-order valence-electron chi connectivity index (χ2n) is 8.84. The summed E-state index contributed by atoms with van der Waals surface area (Å²) in [4.78, 5) is 40.9. The van der Waals surface area contributed by atoms with E-state index in [2.05, 4.69) is 5.32 Å². The fraction of sp³-hybridized carbons (Fsp3) is 0.435. The minimum absolute atomic E-state index is 0.0375. The Morgan fingerprint density at radius 3 is 2.70 bits per heavy atom. The second kappa shape index (κ2) is 7.95. The van der Waals surface area contributed by atoms with E-state index in [9.17, 15) is 28.3 Å². The van der Waals surface area contributed by atoms with Crippen molar-refractivity contribution in [1.29, 1.82) is 0 Å². The lowest BCUT2D eigenvalue weighted by Crippen LogP contribution is -2.45. The lowest BCUT2D eigenvalue weighted by Gasteiger charge is -2.34. The smallest absolute Gasteiger partial charge is 0.274 e. The van der Waals surface area contributed by atoms with E-state index in [4.69, 9.17) is 4.74 Å². The molecule has 5 rings (SSSR count). The van der Waals surface area contributed by atoms with Crippen molar-refractivity contribution < 1.29 is 28.2 Å². The molecule has 1 aliphatic carbocycles. The van der Waals surface area contributed by atoms with Crippen LogP contribution in [0.5, 0.6) is 5.75 Å². The first-order valence-corrected chi connectivity index (χ1v) is 10.9. The summed E-state index contributed by atoms with van der Waals surface area (Å²) in [5, 5.41) is 13.2. The van der Waals surface area contributed by atoms with E-state index in [-0.39, 0.29) is 35.1 Å². The molecule has 8 nitrogen and oxygen atoms in total. The van der Waals surface area contributed by atoms with Gasteiger partial charge in [-0.1, -0.05) is 6.07 Å². The number of rotatable bonds is 6. The molecule has 2 aromatic rings. The second-order valence-corrected chi connectivity index (χ2v) is 8.84. The fourth-order valence-corrected chi connectivity index (χ4v) is 4.83. The van der Waals surface area contributed by atoms with Crippen LogP contribution < -0.4 is 10.7 Å². The molecule has 2 unspecified atom stereocenters. The van der Waals surface area contributed by atoms with Crippen molar-refractivity contribution >= 4 is 11.8 Å². The first-order chi connectivity index (χ1) is 15.8. The van der Waals surface area contributed by atoms with E-state index in [0.29, 0.717) is 31.5 Å². The number of carbonyl (C=O) groups excluding carboxylic acids is 2. The topological polar surface area (TPSA) is 101 Å². The van der Waals surface area contributed by atoms with Crippen molar-refractivity contribution in [3.05, 3.63) is 62.6 Å². The molecule has 2 aliphatic heterocycles. The number of carbonyl (C=O) groups is 2. The van der Waals surface area contributed by atoms with E-state index in [1.807, 2.05) is 0 Å². The van der Waals surface area contributed by atoms with Gasteiger partial charge in [0.2, 0.25) is 5.43 Å². The third-order valence-corrected chi connectivity index (χ3v) is 6.64. The molecule has 2 amide bonds. The number of nitrogens with one attached hydrogen (secondary N) is 1. The van der Waals surface area contributed by atoms with Crippen molar-refractivity contribution in [3.63, 3.8) is 0 Å². The Morgan fingerprint density at radius 2 is 2.03 bits per heavy atom. The molecule has 0 bridgehead atoms. The number of ether oxygens (including phenoxy) is 1. The predicted molar refractivity (Wildman–Crippen MR) is 112 cm³/mol. The molecule has 33 heavy (non-hydrogen) atoms. The Morgan fingerprint density at radius 1 is 1.27 bits per heavy atom. The maximum Gasteiger partial charge on any atom is 0.274 e. The van der Waals surface area contributed by atoms with Gasteiger partial charge < -0.3 is 24.6 Å². The highest BCUT2D eigenvalue weighted by Crippen LogP contribution is 2.44. The summed E-state index contributed by atoms with van der Waals surface area (Å²) < 4.78 is 34.2. The van der Waals surface area contributed by atoms with Gasteiger partial charge in [-0.3, -0.25) is 14.4 Å². The molecule has 1 aromatic carbocycles. The van der Waals surface area contributed by atoms with Crippen molar-refractivity contribution in [3.8, 4) is 5.75 Å². The first kappa shape index (κ1) is 21.6. The van der Waals surface area contributed by atoms with Crippen molar-refractivity contribution in [2.24, 2.45) is 5.92 Å². The van der Waals surface area contributed by atoms with Gasteiger partial charge in [-0.25, -0.2) is 8.78 Å². The number of aromatic hydroxyl groups is 1. The van der Waals surface area contributed by atoms with Crippen LogP contribution in [-0.4, -0.2) is 46.6 Å². The number of hydrogen-bond acceptors (Lipinski definition) is 5. The highest BCUT2D eigenvalue weighted by Gasteiger charge is 2.46. The molecule has 3 aliphatic rings. The minimum Gasteiger partial charge on any atom is -0.503 e. The van der Waals surface area contributed by atoms with Gasteiger partial charge in [-0.05, 0) is 24.8 Å². The molecular formula is C23H23F2N3O5. The molecule has 1 saturated carbocycles. The van der Waals surface area contributed by atoms with Gasteiger partial charge in [-0.2, -0.15) is 0 Å². The fourth-order valence-electron chi connectivity index (χ4n) is 4.83. The first-order valence-electron chi connectivity index (χ1n) is 10.9. The van der Waals surface area contributed by atoms with Gasteiger partial charge >= 0.3 is 0 Å². The number of amides is 2. The molecule has 10 heteroatoms. The molecule has 0 radical (unpaired) electrons. The molecule has 1 aromatic heterocycles. The average molecular weight is 459 g/mol. The number of aromatic nitrogens is 1. The molecule has 0 spiro atoms. The normalized spacial score (nSPS) is 21.3. The molecule has 2 atom stereocenters. The molecule has 1 fully saturated rings. The van der Waals surface area contributed by atoms with E-state index >= 15 is 0 Å². The van der Waals surface area contributed by atoms with Gasteiger partial charge in [-0.15, -0.1) is 0 Å². The van der Waals surface area contributed by atoms with Crippen LogP contribution in [0.15, 0.2) is 23.0 Å². The zero-order chi connectivity index (χ0) is 23.4. The number of benzene rings is 1. The lowest BCUT2D eigenvalue weighted by molar-refractivity contribution is 0.0632. The minimum atomic E-state index is -0.974. The van der Waals surface area contributed by atoms with Crippen molar-refractivity contribution in [2.45, 2.75) is 38.0 Å². The third-order valence-electron chi connectivity index (χ3n) is 6.64. The molecule has 0 saturated heterocycles. The van der Waals surface area contributed by atoms with E-state index in [0.717, 1.165) is 18.9 Å². The summed E-state index contributed by atoms with van der Waals surface area (Å²) in [6, 6.07) is 2.71. The van der Waals surface area contributed by atoms with Crippen LogP contribution >= 0.6 is 0 Å². The summed E-state index contributed by atoms with van der Waals surface area (Å²) in [5.41, 5.74) is -1.16. The summed E-state index contributed by atoms with van der Waals surface area (Å²) in [5.74, 6) is -3.19. The van der Waals surface area contributed by atoms with Crippen LogP contribution in [0.3, 0.4) is 0 Å². The van der Waals surface area contributed by atoms with Crippen LogP contribution in [0.2, 0.25) is 0 Å². The van der Waals surface area contributed by atoms with Gasteiger partial charge in [0, 0.05) is 44.8 Å². The van der Waals surface area contributed by atoms with E-state index < -0.39 is 40.7 Å². The molecule has 3 heterocycles. The molecule has 2 N–H and O–H groups in total. The van der Waals surface area contributed by atoms with Crippen LogP contribution in [0, 0.1) is 17.6 Å². The van der Waals surface area contributed by atoms with Crippen LogP contribution in [0.4, 0.5) is 8.78 Å². The lowest BCUT2D eigenvalue weighted by atomic mass is 10.1. The van der Waals surface area contributed by atoms with Crippen molar-refractivity contribution in [2.75, 3.05) is 20.2 Å². The Hall–Kier alpha value is -3.27. The number of nitrogens with zero attached hydrogens (tertiary/aromatic N) is 2. The monoisotopic (exact) mass is 459 g/mol. The zero-order valence-corrected chi connectivity index (χ0v) is 17.9. The summed E-state index contributed by atoms with van der Waals surface area (Å²) in [6.07, 6.45) is 1.91. The summed E-state index contributed by atoms with van der Waals surface area (Å²) >= 11 is 0. The quantitative estimate of drug-likeness (QED) is 0.690. The van der Waals surface area contributed by atoms with Gasteiger partial charge in [0.05, 0.1) is 11.7 Å². The maximum absolute atomic E-state index is 14.0. The van der Waals surface area contributed by atoms with E-state index in [1.165, 1.54) is 13.2 Å². The zero-order valence-electron chi connectivity index (χ0n) is 17.9. The Labute approximate surface area is 187 Å². The largest absolute Gasteiger partial charge is 0.503 e. The third kappa shape index (κ3) is 3.58. The average Bonchev–Trinajstić information content (AvgIpc) is 3.53. The number of hydrogen-bond donors (Lipinski definition) is 2. The maximum atomic E-state index is 14.0. The van der Waals surface area contributed by atoms with E-state index in [1.54, 1.807) is 9.47 Å². The number of methoxy groups -OCH3 is 1. The number of halogens is 2. The summed E-state index contributed by atoms with van der Waals surface area (Å²) in [7, 11) is 1.45. The van der Waals surface area contributed by atoms with Crippen LogP contribution in [0.1, 0.15) is 63.5 Å².